The van der Waals surface area contributed by atoms with Crippen molar-refractivity contribution in [3.8, 4) is 11.5 Å². The second-order valence-electron chi connectivity index (χ2n) is 5.76. The molecule has 0 bridgehead atoms. The number of carbonyl (C=O) groups excluding carboxylic acids is 1. The molecule has 3 aromatic rings. The van der Waals surface area contributed by atoms with E-state index in [9.17, 15) is 4.79 Å². The summed E-state index contributed by atoms with van der Waals surface area (Å²) in [4.78, 5) is 17.6. The molecule has 0 spiro atoms. The van der Waals surface area contributed by atoms with Gasteiger partial charge in [0.05, 0.1) is 41.1 Å². The normalized spacial score (nSPS) is 11.8. The van der Waals surface area contributed by atoms with Crippen molar-refractivity contribution >= 4 is 50.7 Å². The zero-order valence-corrected chi connectivity index (χ0v) is 17.8. The van der Waals surface area contributed by atoms with Crippen LogP contribution in [0.1, 0.15) is 10.4 Å². The smallest absolute Gasteiger partial charge is 0.279 e. The van der Waals surface area contributed by atoms with E-state index in [4.69, 9.17) is 37.4 Å². The van der Waals surface area contributed by atoms with Gasteiger partial charge < -0.3 is 18.8 Å². The van der Waals surface area contributed by atoms with Gasteiger partial charge in [-0.25, -0.2) is 0 Å². The molecular formula is C19H18Cl2N2O4S. The number of amides is 1. The van der Waals surface area contributed by atoms with Crippen molar-refractivity contribution in [2.45, 2.75) is 6.54 Å². The van der Waals surface area contributed by atoms with Crippen molar-refractivity contribution in [2.24, 2.45) is 4.99 Å². The van der Waals surface area contributed by atoms with Gasteiger partial charge in [0.1, 0.15) is 11.5 Å². The Balaban J connectivity index is 2.15. The quantitative estimate of drug-likeness (QED) is 0.569. The first kappa shape index (κ1) is 20.7. The summed E-state index contributed by atoms with van der Waals surface area (Å²) in [5, 5.41) is 0.858. The van der Waals surface area contributed by atoms with Crippen LogP contribution in [0.2, 0.25) is 10.0 Å². The molecule has 0 atom stereocenters. The lowest BCUT2D eigenvalue weighted by Crippen LogP contribution is -2.19. The zero-order chi connectivity index (χ0) is 20.3. The minimum absolute atomic E-state index is 0.357. The van der Waals surface area contributed by atoms with Gasteiger partial charge in [-0.1, -0.05) is 34.5 Å². The van der Waals surface area contributed by atoms with Crippen LogP contribution >= 0.6 is 34.5 Å². The van der Waals surface area contributed by atoms with Gasteiger partial charge in [0.25, 0.3) is 5.91 Å². The fourth-order valence-corrected chi connectivity index (χ4v) is 4.20. The second-order valence-corrected chi connectivity index (χ2v) is 7.55. The SMILES string of the molecule is COCCn1c(=NC(=O)c2cc(OC)cc(OC)c2)sc2ccc(Cl)c(Cl)c21. The molecule has 0 unspecified atom stereocenters. The Kier molecular flexibility index (Phi) is 6.61. The number of nitrogens with zero attached hydrogens (tertiary/aromatic N) is 2. The number of benzene rings is 2. The van der Waals surface area contributed by atoms with Crippen LogP contribution in [0.25, 0.3) is 10.2 Å². The maximum Gasteiger partial charge on any atom is 0.279 e. The Morgan fingerprint density at radius 2 is 1.79 bits per heavy atom. The number of methoxy groups -OCH3 is 3. The molecule has 1 amide bonds. The largest absolute Gasteiger partial charge is 0.497 e. The molecule has 0 saturated heterocycles. The Hall–Kier alpha value is -2.06. The molecule has 148 valence electrons. The average Bonchev–Trinajstić information content (AvgIpc) is 3.06. The minimum Gasteiger partial charge on any atom is -0.497 e. The summed E-state index contributed by atoms with van der Waals surface area (Å²) < 4.78 is 18.4. The lowest BCUT2D eigenvalue weighted by Gasteiger charge is -2.07. The molecule has 0 radical (unpaired) electrons. The van der Waals surface area contributed by atoms with Crippen molar-refractivity contribution < 1.29 is 19.0 Å². The van der Waals surface area contributed by atoms with E-state index in [-0.39, 0.29) is 0 Å². The van der Waals surface area contributed by atoms with Crippen LogP contribution in [-0.2, 0) is 11.3 Å². The number of ether oxygens (including phenoxy) is 3. The Morgan fingerprint density at radius 1 is 1.11 bits per heavy atom. The minimum atomic E-state index is -0.419. The van der Waals surface area contributed by atoms with Gasteiger partial charge in [-0.05, 0) is 24.3 Å². The first-order valence-electron chi connectivity index (χ1n) is 8.27. The third kappa shape index (κ3) is 4.17. The van der Waals surface area contributed by atoms with Crippen molar-refractivity contribution in [3.05, 3.63) is 50.7 Å². The monoisotopic (exact) mass is 440 g/mol. The van der Waals surface area contributed by atoms with Crippen LogP contribution in [-0.4, -0.2) is 38.4 Å². The van der Waals surface area contributed by atoms with Crippen molar-refractivity contribution in [1.82, 2.24) is 4.57 Å². The number of halogens is 2. The van der Waals surface area contributed by atoms with E-state index in [1.165, 1.54) is 25.6 Å². The zero-order valence-electron chi connectivity index (χ0n) is 15.5. The molecule has 0 saturated carbocycles. The van der Waals surface area contributed by atoms with Crippen LogP contribution in [0.15, 0.2) is 35.3 Å². The average molecular weight is 441 g/mol. The molecule has 0 N–H and O–H groups in total. The number of hydrogen-bond acceptors (Lipinski definition) is 5. The van der Waals surface area contributed by atoms with Crippen LogP contribution in [0.5, 0.6) is 11.5 Å². The lowest BCUT2D eigenvalue weighted by atomic mass is 10.2. The van der Waals surface area contributed by atoms with Crippen molar-refractivity contribution in [3.63, 3.8) is 0 Å². The van der Waals surface area contributed by atoms with Crippen LogP contribution in [0.4, 0.5) is 0 Å². The molecule has 28 heavy (non-hydrogen) atoms. The fraction of sp³-hybridized carbons (Fsp3) is 0.263. The second kappa shape index (κ2) is 8.96. The third-order valence-corrected chi connectivity index (χ3v) is 5.89. The van der Waals surface area contributed by atoms with Crippen molar-refractivity contribution in [2.75, 3.05) is 27.9 Å². The van der Waals surface area contributed by atoms with E-state index in [1.807, 2.05) is 10.6 Å². The van der Waals surface area contributed by atoms with Crippen LogP contribution < -0.4 is 14.3 Å². The summed E-state index contributed by atoms with van der Waals surface area (Å²) in [6.07, 6.45) is 0. The van der Waals surface area contributed by atoms with E-state index >= 15 is 0 Å². The number of fused-ring (bicyclic) bond motifs is 1. The van der Waals surface area contributed by atoms with Crippen LogP contribution in [0, 0.1) is 0 Å². The number of thiazole rings is 1. The van der Waals surface area contributed by atoms with Gasteiger partial charge >= 0.3 is 0 Å². The molecule has 1 heterocycles. The highest BCUT2D eigenvalue weighted by molar-refractivity contribution is 7.16. The van der Waals surface area contributed by atoms with Crippen molar-refractivity contribution in [1.29, 1.82) is 0 Å². The van der Waals surface area contributed by atoms with E-state index in [0.29, 0.717) is 45.1 Å². The maximum absolute atomic E-state index is 12.8. The molecule has 9 heteroatoms. The predicted octanol–water partition coefficient (Wildman–Crippen LogP) is 4.41. The highest BCUT2D eigenvalue weighted by Crippen LogP contribution is 2.32. The standard InChI is InChI=1S/C19H18Cl2N2O4S/c1-25-7-6-23-17-15(5-4-14(20)16(17)21)28-19(23)22-18(24)11-8-12(26-2)10-13(9-11)27-3/h4-5,8-10H,6-7H2,1-3H3. The highest BCUT2D eigenvalue weighted by atomic mass is 35.5. The first-order valence-corrected chi connectivity index (χ1v) is 9.84. The van der Waals surface area contributed by atoms with E-state index in [0.717, 1.165) is 10.2 Å². The van der Waals surface area contributed by atoms with Gasteiger partial charge in [-0.15, -0.1) is 0 Å². The van der Waals surface area contributed by atoms with E-state index in [1.54, 1.807) is 31.4 Å². The van der Waals surface area contributed by atoms with Gasteiger partial charge in [0.2, 0.25) is 0 Å². The van der Waals surface area contributed by atoms with Crippen LogP contribution in [0.3, 0.4) is 0 Å². The van der Waals surface area contributed by atoms with Gasteiger partial charge in [0, 0.05) is 25.3 Å². The molecule has 2 aromatic carbocycles. The van der Waals surface area contributed by atoms with E-state index < -0.39 is 5.91 Å². The summed E-state index contributed by atoms with van der Waals surface area (Å²) in [6, 6.07) is 8.50. The summed E-state index contributed by atoms with van der Waals surface area (Å²) in [5.74, 6) is 0.602. The predicted molar refractivity (Wildman–Crippen MR) is 111 cm³/mol. The molecular weight excluding hydrogens is 423 g/mol. The molecule has 0 aliphatic rings. The number of rotatable bonds is 6. The topological polar surface area (TPSA) is 62.1 Å². The molecule has 0 aliphatic carbocycles. The van der Waals surface area contributed by atoms with Gasteiger partial charge in [-0.3, -0.25) is 4.79 Å². The molecule has 1 aromatic heterocycles. The van der Waals surface area contributed by atoms with Gasteiger partial charge in [-0.2, -0.15) is 4.99 Å². The summed E-state index contributed by atoms with van der Waals surface area (Å²) in [5.41, 5.74) is 1.09. The highest BCUT2D eigenvalue weighted by Gasteiger charge is 2.15. The Bertz CT molecular complexity index is 1070. The Morgan fingerprint density at radius 3 is 2.39 bits per heavy atom. The van der Waals surface area contributed by atoms with E-state index in [2.05, 4.69) is 4.99 Å². The molecule has 6 nitrogen and oxygen atoms in total. The summed E-state index contributed by atoms with van der Waals surface area (Å²) >= 11 is 13.9. The molecule has 0 aliphatic heterocycles. The summed E-state index contributed by atoms with van der Waals surface area (Å²) in [7, 11) is 4.65. The first-order chi connectivity index (χ1) is 13.5. The Labute approximate surface area is 175 Å². The number of hydrogen-bond donors (Lipinski definition) is 0. The summed E-state index contributed by atoms with van der Waals surface area (Å²) in [6.45, 7) is 0.910. The fourth-order valence-electron chi connectivity index (χ4n) is 2.66. The molecule has 0 fully saturated rings. The lowest BCUT2D eigenvalue weighted by molar-refractivity contribution is 0.0996. The maximum atomic E-state index is 12.8. The third-order valence-electron chi connectivity index (χ3n) is 4.05. The number of carbonyl (C=O) groups is 1. The number of aromatic nitrogens is 1. The molecule has 3 rings (SSSR count). The van der Waals surface area contributed by atoms with Gasteiger partial charge in [0.15, 0.2) is 4.80 Å².